The Labute approximate surface area is 185 Å². The second-order valence-electron chi connectivity index (χ2n) is 8.01. The van der Waals surface area contributed by atoms with Gasteiger partial charge in [0.2, 0.25) is 0 Å². The highest BCUT2D eigenvalue weighted by Crippen LogP contribution is 2.39. The first kappa shape index (κ1) is 22.1. The van der Waals surface area contributed by atoms with E-state index >= 15 is 0 Å². The molecule has 8 heteroatoms. The first-order valence-corrected chi connectivity index (χ1v) is 10.7. The van der Waals surface area contributed by atoms with Gasteiger partial charge in [0.05, 0.1) is 25.0 Å². The molecule has 32 heavy (non-hydrogen) atoms. The van der Waals surface area contributed by atoms with E-state index in [0.717, 1.165) is 38.5 Å². The summed E-state index contributed by atoms with van der Waals surface area (Å²) in [6.45, 7) is 8.65. The van der Waals surface area contributed by atoms with Gasteiger partial charge in [-0.1, -0.05) is 0 Å². The molecular formula is C24H27FN2O5. The fourth-order valence-electron chi connectivity index (χ4n) is 3.80. The van der Waals surface area contributed by atoms with Crippen molar-refractivity contribution < 1.29 is 28.2 Å². The SMILES string of the molecule is CC(C)Oc1cc2c(C(=O)O)c(-c3ccc(F)cc3)oc2cc1NCCN1CCOCC1. The minimum atomic E-state index is -1.12. The molecular weight excluding hydrogens is 415 g/mol. The van der Waals surface area contributed by atoms with Gasteiger partial charge < -0.3 is 24.3 Å². The predicted molar refractivity (Wildman–Crippen MR) is 120 cm³/mol. The van der Waals surface area contributed by atoms with Gasteiger partial charge in [-0.05, 0) is 44.2 Å². The molecule has 3 aromatic rings. The van der Waals surface area contributed by atoms with E-state index in [1.165, 1.54) is 24.3 Å². The zero-order valence-electron chi connectivity index (χ0n) is 18.2. The number of hydrogen-bond donors (Lipinski definition) is 2. The molecule has 1 aliphatic heterocycles. The van der Waals surface area contributed by atoms with E-state index in [1.807, 2.05) is 13.8 Å². The van der Waals surface area contributed by atoms with E-state index in [-0.39, 0.29) is 17.4 Å². The largest absolute Gasteiger partial charge is 0.489 e. The number of benzene rings is 2. The van der Waals surface area contributed by atoms with Gasteiger partial charge in [-0.25, -0.2) is 9.18 Å². The van der Waals surface area contributed by atoms with Crippen molar-refractivity contribution in [2.24, 2.45) is 0 Å². The number of aromatic carboxylic acids is 1. The smallest absolute Gasteiger partial charge is 0.340 e. The van der Waals surface area contributed by atoms with E-state index in [0.29, 0.717) is 28.8 Å². The van der Waals surface area contributed by atoms with Gasteiger partial charge in [0.1, 0.15) is 28.5 Å². The van der Waals surface area contributed by atoms with Crippen LogP contribution in [0.1, 0.15) is 24.2 Å². The molecule has 0 atom stereocenters. The summed E-state index contributed by atoms with van der Waals surface area (Å²) < 4.78 is 30.7. The average molecular weight is 442 g/mol. The van der Waals surface area contributed by atoms with Crippen molar-refractivity contribution in [1.82, 2.24) is 4.90 Å². The quantitative estimate of drug-likeness (QED) is 0.533. The molecule has 2 aromatic carbocycles. The molecule has 0 amide bonds. The van der Waals surface area contributed by atoms with Gasteiger partial charge in [0.15, 0.2) is 0 Å². The number of ether oxygens (including phenoxy) is 2. The highest BCUT2D eigenvalue weighted by molar-refractivity contribution is 6.09. The molecule has 7 nitrogen and oxygen atoms in total. The van der Waals surface area contributed by atoms with Gasteiger partial charge in [0.25, 0.3) is 0 Å². The molecule has 4 rings (SSSR count). The Hall–Kier alpha value is -3.10. The van der Waals surface area contributed by atoms with Crippen LogP contribution in [0, 0.1) is 5.82 Å². The summed E-state index contributed by atoms with van der Waals surface area (Å²) in [6, 6.07) is 9.04. The maximum atomic E-state index is 13.4. The Morgan fingerprint density at radius 2 is 1.94 bits per heavy atom. The number of furan rings is 1. The van der Waals surface area contributed by atoms with E-state index < -0.39 is 11.8 Å². The fourth-order valence-corrected chi connectivity index (χ4v) is 3.80. The number of halogens is 1. The van der Waals surface area contributed by atoms with E-state index in [4.69, 9.17) is 13.9 Å². The number of carboxylic acids is 1. The average Bonchev–Trinajstić information content (AvgIpc) is 3.13. The Kier molecular flexibility index (Phi) is 6.62. The molecule has 1 fully saturated rings. The van der Waals surface area contributed by atoms with Gasteiger partial charge in [-0.15, -0.1) is 0 Å². The van der Waals surface area contributed by atoms with Crippen LogP contribution in [0.15, 0.2) is 40.8 Å². The summed E-state index contributed by atoms with van der Waals surface area (Å²) in [5.74, 6) is -0.774. The third-order valence-corrected chi connectivity index (χ3v) is 5.32. The molecule has 0 unspecified atom stereocenters. The van der Waals surface area contributed by atoms with Crippen LogP contribution in [0.25, 0.3) is 22.3 Å². The Bertz CT molecular complexity index is 1090. The first-order chi connectivity index (χ1) is 15.4. The second kappa shape index (κ2) is 9.58. The van der Waals surface area contributed by atoms with E-state index in [2.05, 4.69) is 10.2 Å². The number of nitrogens with one attached hydrogen (secondary N) is 1. The minimum absolute atomic E-state index is 0.0279. The topological polar surface area (TPSA) is 84.2 Å². The Morgan fingerprint density at radius 1 is 1.22 bits per heavy atom. The minimum Gasteiger partial charge on any atom is -0.489 e. The van der Waals surface area contributed by atoms with E-state index in [1.54, 1.807) is 12.1 Å². The predicted octanol–water partition coefficient (Wildman–Crippen LogP) is 4.47. The lowest BCUT2D eigenvalue weighted by atomic mass is 10.0. The molecule has 0 spiro atoms. The zero-order valence-corrected chi connectivity index (χ0v) is 18.2. The molecule has 0 radical (unpaired) electrons. The van der Waals surface area contributed by atoms with Crippen LogP contribution in [0.5, 0.6) is 5.75 Å². The number of fused-ring (bicyclic) bond motifs is 1. The van der Waals surface area contributed by atoms with Crippen molar-refractivity contribution in [3.8, 4) is 17.1 Å². The Morgan fingerprint density at radius 3 is 2.59 bits per heavy atom. The molecule has 1 aliphatic rings. The lowest BCUT2D eigenvalue weighted by Crippen LogP contribution is -2.39. The number of anilines is 1. The van der Waals surface area contributed by atoms with Crippen molar-refractivity contribution in [2.45, 2.75) is 20.0 Å². The van der Waals surface area contributed by atoms with Gasteiger partial charge in [-0.3, -0.25) is 4.90 Å². The van der Waals surface area contributed by atoms with Crippen LogP contribution < -0.4 is 10.1 Å². The summed E-state index contributed by atoms with van der Waals surface area (Å²) in [7, 11) is 0. The summed E-state index contributed by atoms with van der Waals surface area (Å²) in [4.78, 5) is 14.4. The van der Waals surface area contributed by atoms with Crippen molar-refractivity contribution in [3.05, 3.63) is 47.8 Å². The van der Waals surface area contributed by atoms with Crippen molar-refractivity contribution >= 4 is 22.6 Å². The third kappa shape index (κ3) is 4.87. The van der Waals surface area contributed by atoms with Crippen molar-refractivity contribution in [3.63, 3.8) is 0 Å². The number of carboxylic acid groups (broad SMARTS) is 1. The first-order valence-electron chi connectivity index (χ1n) is 10.7. The van der Waals surface area contributed by atoms with E-state index in [9.17, 15) is 14.3 Å². The molecule has 170 valence electrons. The normalized spacial score (nSPS) is 14.8. The monoisotopic (exact) mass is 442 g/mol. The molecule has 2 heterocycles. The standard InChI is InChI=1S/C24H27FN2O5/c1-15(2)31-21-13-18-20(14-19(21)26-7-8-27-9-11-30-12-10-27)32-23(22(18)24(28)29)16-3-5-17(25)6-4-16/h3-6,13-15,26H,7-12H2,1-2H3,(H,28,29). The van der Waals surface area contributed by atoms with Crippen molar-refractivity contribution in [1.29, 1.82) is 0 Å². The van der Waals surface area contributed by atoms with Crippen LogP contribution >= 0.6 is 0 Å². The maximum absolute atomic E-state index is 13.4. The van der Waals surface area contributed by atoms with Gasteiger partial charge in [-0.2, -0.15) is 0 Å². The Balaban J connectivity index is 1.69. The molecule has 1 saturated heterocycles. The highest BCUT2D eigenvalue weighted by atomic mass is 19.1. The van der Waals surface area contributed by atoms with Crippen LogP contribution in [-0.4, -0.2) is 61.5 Å². The van der Waals surface area contributed by atoms with Gasteiger partial charge in [0, 0.05) is 43.2 Å². The molecule has 0 bridgehead atoms. The zero-order chi connectivity index (χ0) is 22.7. The van der Waals surface area contributed by atoms with Crippen LogP contribution in [0.3, 0.4) is 0 Å². The lowest BCUT2D eigenvalue weighted by Gasteiger charge is -2.26. The third-order valence-electron chi connectivity index (χ3n) is 5.32. The highest BCUT2D eigenvalue weighted by Gasteiger charge is 2.24. The summed E-state index contributed by atoms with van der Waals surface area (Å²) in [5.41, 5.74) is 1.68. The fraction of sp³-hybridized carbons (Fsp3) is 0.375. The summed E-state index contributed by atoms with van der Waals surface area (Å²) in [5, 5.41) is 13.7. The molecule has 2 N–H and O–H groups in total. The van der Waals surface area contributed by atoms with Crippen LogP contribution in [0.4, 0.5) is 10.1 Å². The number of rotatable bonds is 8. The number of nitrogens with zero attached hydrogens (tertiary/aromatic N) is 1. The van der Waals surface area contributed by atoms with Crippen LogP contribution in [-0.2, 0) is 4.74 Å². The molecule has 0 saturated carbocycles. The number of carbonyl (C=O) groups is 1. The van der Waals surface area contributed by atoms with Gasteiger partial charge >= 0.3 is 5.97 Å². The second-order valence-corrected chi connectivity index (χ2v) is 8.01. The van der Waals surface area contributed by atoms with Crippen molar-refractivity contribution in [2.75, 3.05) is 44.7 Å². The number of hydrogen-bond acceptors (Lipinski definition) is 6. The lowest BCUT2D eigenvalue weighted by molar-refractivity contribution is 0.0398. The molecule has 1 aromatic heterocycles. The van der Waals surface area contributed by atoms with Crippen LogP contribution in [0.2, 0.25) is 0 Å². The number of morpholine rings is 1. The molecule has 0 aliphatic carbocycles. The summed E-state index contributed by atoms with van der Waals surface area (Å²) >= 11 is 0. The summed E-state index contributed by atoms with van der Waals surface area (Å²) in [6.07, 6.45) is -0.0935. The maximum Gasteiger partial charge on any atom is 0.340 e.